The van der Waals surface area contributed by atoms with Gasteiger partial charge in [0, 0.05) is 24.2 Å². The Hall–Kier alpha value is -0.740. The number of rotatable bonds is 5. The van der Waals surface area contributed by atoms with E-state index >= 15 is 0 Å². The van der Waals surface area contributed by atoms with Gasteiger partial charge in [-0.05, 0) is 19.5 Å². The lowest BCUT2D eigenvalue weighted by Crippen LogP contribution is -2.42. The van der Waals surface area contributed by atoms with Crippen LogP contribution in [0.15, 0.2) is 11.6 Å². The van der Waals surface area contributed by atoms with Gasteiger partial charge in [-0.1, -0.05) is 32.0 Å². The Balaban J connectivity index is 2.38. The van der Waals surface area contributed by atoms with E-state index in [9.17, 15) is 4.79 Å². The highest BCUT2D eigenvalue weighted by atomic mass is 35.5. The molecule has 4 nitrogen and oxygen atoms in total. The lowest BCUT2D eigenvalue weighted by Gasteiger charge is -2.26. The van der Waals surface area contributed by atoms with E-state index < -0.39 is 0 Å². The number of carbonyl (C=O) groups excluding carboxylic acids is 1. The van der Waals surface area contributed by atoms with Crippen LogP contribution >= 0.6 is 11.6 Å². The maximum absolute atomic E-state index is 11.8. The maximum atomic E-state index is 11.8. The van der Waals surface area contributed by atoms with Crippen molar-refractivity contribution in [3.63, 3.8) is 0 Å². The molecule has 1 atom stereocenters. The quantitative estimate of drug-likeness (QED) is 0.818. The Labute approximate surface area is 109 Å². The molecule has 0 aromatic heterocycles. The molecule has 5 heteroatoms. The summed E-state index contributed by atoms with van der Waals surface area (Å²) in [4.78, 5) is 16.0. The van der Waals surface area contributed by atoms with Crippen molar-refractivity contribution in [3.05, 3.63) is 11.6 Å². The number of hydrogen-bond donors (Lipinski definition) is 1. The summed E-state index contributed by atoms with van der Waals surface area (Å²) in [5.74, 6) is 0. The SMILES string of the molecule is C=C(Cl)CNC(=O)N1CC[C@@H](N(CC)CC)C1. The minimum absolute atomic E-state index is 0.0403. The first-order valence-corrected chi connectivity index (χ1v) is 6.56. The van der Waals surface area contributed by atoms with Crippen LogP contribution in [0.1, 0.15) is 20.3 Å². The van der Waals surface area contributed by atoms with E-state index in [0.29, 0.717) is 17.6 Å². The fourth-order valence-electron chi connectivity index (χ4n) is 2.25. The van der Waals surface area contributed by atoms with Gasteiger partial charge < -0.3 is 10.2 Å². The van der Waals surface area contributed by atoms with Crippen LogP contribution < -0.4 is 5.32 Å². The number of likely N-dealkylation sites (N-methyl/N-ethyl adjacent to an activating group) is 1. The molecule has 1 N–H and O–H groups in total. The van der Waals surface area contributed by atoms with Crippen molar-refractivity contribution in [2.75, 3.05) is 32.7 Å². The van der Waals surface area contributed by atoms with Gasteiger partial charge in [0.25, 0.3) is 0 Å². The molecule has 0 saturated carbocycles. The highest BCUT2D eigenvalue weighted by Gasteiger charge is 2.28. The smallest absolute Gasteiger partial charge is 0.317 e. The predicted molar refractivity (Wildman–Crippen MR) is 71.3 cm³/mol. The second-order valence-electron chi connectivity index (χ2n) is 4.29. The monoisotopic (exact) mass is 259 g/mol. The Kier molecular flexibility index (Phi) is 5.78. The summed E-state index contributed by atoms with van der Waals surface area (Å²) in [5, 5.41) is 3.21. The summed E-state index contributed by atoms with van der Waals surface area (Å²) in [6, 6.07) is 0.455. The number of amides is 2. The average molecular weight is 260 g/mol. The normalized spacial score (nSPS) is 19.8. The summed E-state index contributed by atoms with van der Waals surface area (Å²) in [6.45, 7) is 11.9. The third kappa shape index (κ3) is 4.21. The van der Waals surface area contributed by atoms with Crippen LogP contribution in [0.4, 0.5) is 4.79 Å². The molecule has 0 bridgehead atoms. The molecule has 1 rings (SSSR count). The first-order valence-electron chi connectivity index (χ1n) is 6.18. The molecule has 1 aliphatic rings. The van der Waals surface area contributed by atoms with E-state index in [0.717, 1.165) is 32.6 Å². The van der Waals surface area contributed by atoms with Gasteiger partial charge in [-0.2, -0.15) is 0 Å². The van der Waals surface area contributed by atoms with Crippen LogP contribution in [-0.2, 0) is 0 Å². The minimum atomic E-state index is -0.0403. The summed E-state index contributed by atoms with van der Waals surface area (Å²) < 4.78 is 0. The molecule has 1 saturated heterocycles. The lowest BCUT2D eigenvalue weighted by molar-refractivity contribution is 0.193. The molecular formula is C12H22ClN3O. The first-order chi connectivity index (χ1) is 8.08. The molecule has 1 fully saturated rings. The van der Waals surface area contributed by atoms with Gasteiger partial charge in [0.1, 0.15) is 0 Å². The largest absolute Gasteiger partial charge is 0.333 e. The number of likely N-dealkylation sites (tertiary alicyclic amines) is 1. The third-order valence-electron chi connectivity index (χ3n) is 3.21. The molecule has 98 valence electrons. The van der Waals surface area contributed by atoms with Crippen molar-refractivity contribution >= 4 is 17.6 Å². The average Bonchev–Trinajstić information content (AvgIpc) is 2.77. The van der Waals surface area contributed by atoms with Crippen LogP contribution in [0.25, 0.3) is 0 Å². The first kappa shape index (κ1) is 14.3. The van der Waals surface area contributed by atoms with Gasteiger partial charge in [-0.15, -0.1) is 0 Å². The van der Waals surface area contributed by atoms with Crippen molar-refractivity contribution in [2.45, 2.75) is 26.3 Å². The van der Waals surface area contributed by atoms with Crippen molar-refractivity contribution in [1.29, 1.82) is 0 Å². The molecule has 0 aromatic carbocycles. The molecule has 0 aliphatic carbocycles. The number of nitrogens with zero attached hydrogens (tertiary/aromatic N) is 2. The van der Waals surface area contributed by atoms with E-state index in [1.807, 2.05) is 4.90 Å². The Bertz CT molecular complexity index is 279. The summed E-state index contributed by atoms with van der Waals surface area (Å²) in [5.41, 5.74) is 0. The van der Waals surface area contributed by atoms with E-state index in [2.05, 4.69) is 30.6 Å². The Morgan fingerprint density at radius 2 is 2.18 bits per heavy atom. The molecule has 0 radical (unpaired) electrons. The van der Waals surface area contributed by atoms with Gasteiger partial charge in [0.15, 0.2) is 0 Å². The van der Waals surface area contributed by atoms with Gasteiger partial charge >= 0.3 is 6.03 Å². The fraction of sp³-hybridized carbons (Fsp3) is 0.750. The Morgan fingerprint density at radius 3 is 2.71 bits per heavy atom. The number of halogens is 1. The molecular weight excluding hydrogens is 238 g/mol. The number of carbonyl (C=O) groups is 1. The Morgan fingerprint density at radius 1 is 1.53 bits per heavy atom. The molecule has 0 aromatic rings. The number of nitrogens with one attached hydrogen (secondary N) is 1. The van der Waals surface area contributed by atoms with Crippen LogP contribution in [0.3, 0.4) is 0 Å². The highest BCUT2D eigenvalue weighted by molar-refractivity contribution is 6.29. The van der Waals surface area contributed by atoms with Crippen LogP contribution in [0.5, 0.6) is 0 Å². The molecule has 0 spiro atoms. The summed E-state index contributed by atoms with van der Waals surface area (Å²) in [7, 11) is 0. The third-order valence-corrected chi connectivity index (χ3v) is 3.34. The van der Waals surface area contributed by atoms with Crippen LogP contribution in [-0.4, -0.2) is 54.6 Å². The predicted octanol–water partition coefficient (Wildman–Crippen LogP) is 1.86. The molecule has 0 unspecified atom stereocenters. The summed E-state index contributed by atoms with van der Waals surface area (Å²) in [6.07, 6.45) is 1.05. The van der Waals surface area contributed by atoms with Gasteiger partial charge in [0.2, 0.25) is 0 Å². The maximum Gasteiger partial charge on any atom is 0.317 e. The van der Waals surface area contributed by atoms with E-state index in [1.165, 1.54) is 0 Å². The molecule has 1 heterocycles. The van der Waals surface area contributed by atoms with Crippen molar-refractivity contribution in [2.24, 2.45) is 0 Å². The fourth-order valence-corrected chi connectivity index (χ4v) is 2.31. The van der Waals surface area contributed by atoms with E-state index in [-0.39, 0.29) is 6.03 Å². The van der Waals surface area contributed by atoms with Gasteiger partial charge in [-0.3, -0.25) is 4.90 Å². The van der Waals surface area contributed by atoms with Gasteiger partial charge in [-0.25, -0.2) is 4.79 Å². The second kappa shape index (κ2) is 6.87. The molecule has 2 amide bonds. The van der Waals surface area contributed by atoms with Crippen molar-refractivity contribution in [3.8, 4) is 0 Å². The summed E-state index contributed by atoms with van der Waals surface area (Å²) >= 11 is 5.62. The zero-order valence-corrected chi connectivity index (χ0v) is 11.5. The molecule has 1 aliphatic heterocycles. The minimum Gasteiger partial charge on any atom is -0.333 e. The standard InChI is InChI=1S/C12H22ClN3O/c1-4-15(5-2)11-6-7-16(9-11)12(17)14-8-10(3)13/h11H,3-9H2,1-2H3,(H,14,17)/t11-/m1/s1. The molecule has 17 heavy (non-hydrogen) atoms. The van der Waals surface area contributed by atoms with Crippen LogP contribution in [0.2, 0.25) is 0 Å². The zero-order valence-electron chi connectivity index (χ0n) is 10.7. The zero-order chi connectivity index (χ0) is 12.8. The lowest BCUT2D eigenvalue weighted by atomic mass is 10.2. The van der Waals surface area contributed by atoms with Gasteiger partial charge in [0.05, 0.1) is 6.54 Å². The van der Waals surface area contributed by atoms with E-state index in [1.54, 1.807) is 0 Å². The highest BCUT2D eigenvalue weighted by Crippen LogP contribution is 2.15. The number of urea groups is 1. The number of hydrogen-bond acceptors (Lipinski definition) is 2. The van der Waals surface area contributed by atoms with Crippen molar-refractivity contribution < 1.29 is 4.79 Å². The van der Waals surface area contributed by atoms with Crippen LogP contribution in [0, 0.1) is 0 Å². The van der Waals surface area contributed by atoms with Crippen molar-refractivity contribution in [1.82, 2.24) is 15.1 Å². The van der Waals surface area contributed by atoms with E-state index in [4.69, 9.17) is 11.6 Å². The topological polar surface area (TPSA) is 35.6 Å². The second-order valence-corrected chi connectivity index (χ2v) is 4.82.